The Morgan fingerprint density at radius 3 is 2.28 bits per heavy atom. The van der Waals surface area contributed by atoms with Gasteiger partial charge in [0.1, 0.15) is 17.7 Å². The van der Waals surface area contributed by atoms with Crippen LogP contribution in [0.25, 0.3) is 0 Å². The SMILES string of the molecule is CCn1nc(Cc2ccc(F)cc2)cc1C1CCN(C[C@H]2C[C@H](OC(=O)CN(C)C(C)(C)C)C[C@@H]2c2cccc(F)c2)CC1.Cl.Cl.Cl. The van der Waals surface area contributed by atoms with Crippen LogP contribution in [0.4, 0.5) is 8.78 Å². The normalized spacial score (nSPS) is 20.3. The zero-order valence-corrected chi connectivity index (χ0v) is 30.6. The third-order valence-electron chi connectivity index (χ3n) is 9.70. The first-order chi connectivity index (χ1) is 21.0. The van der Waals surface area contributed by atoms with E-state index in [2.05, 4.69) is 43.3 Å². The third-order valence-corrected chi connectivity index (χ3v) is 9.70. The summed E-state index contributed by atoms with van der Waals surface area (Å²) in [7, 11) is 1.94. The van der Waals surface area contributed by atoms with Gasteiger partial charge in [0.2, 0.25) is 0 Å². The number of hydrogen-bond donors (Lipinski definition) is 0. The van der Waals surface area contributed by atoms with Gasteiger partial charge < -0.3 is 9.64 Å². The van der Waals surface area contributed by atoms with E-state index in [1.54, 1.807) is 12.1 Å². The van der Waals surface area contributed by atoms with Crippen LogP contribution in [0.5, 0.6) is 0 Å². The van der Waals surface area contributed by atoms with Crippen LogP contribution < -0.4 is 0 Å². The molecule has 0 unspecified atom stereocenters. The first-order valence-corrected chi connectivity index (χ1v) is 16.2. The van der Waals surface area contributed by atoms with Crippen molar-refractivity contribution in [2.45, 2.75) is 89.8 Å². The molecule has 2 aromatic carbocycles. The summed E-state index contributed by atoms with van der Waals surface area (Å²) < 4.78 is 35.8. The van der Waals surface area contributed by atoms with E-state index in [-0.39, 0.29) is 84.8 Å². The van der Waals surface area contributed by atoms with Crippen molar-refractivity contribution in [1.82, 2.24) is 19.6 Å². The van der Waals surface area contributed by atoms with Crippen molar-refractivity contribution in [3.8, 4) is 0 Å². The summed E-state index contributed by atoms with van der Waals surface area (Å²) in [4.78, 5) is 17.4. The summed E-state index contributed by atoms with van der Waals surface area (Å²) in [6.07, 6.45) is 4.15. The second kappa shape index (κ2) is 18.0. The Labute approximate surface area is 297 Å². The van der Waals surface area contributed by atoms with E-state index >= 15 is 0 Å². The summed E-state index contributed by atoms with van der Waals surface area (Å²) in [5.74, 6) is 0.239. The van der Waals surface area contributed by atoms with Gasteiger partial charge in [-0.2, -0.15) is 5.10 Å². The van der Waals surface area contributed by atoms with Crippen molar-refractivity contribution in [2.75, 3.05) is 33.2 Å². The van der Waals surface area contributed by atoms with Gasteiger partial charge in [-0.1, -0.05) is 24.3 Å². The quantitative estimate of drug-likeness (QED) is 0.199. The largest absolute Gasteiger partial charge is 0.461 e. The molecule has 11 heteroatoms. The van der Waals surface area contributed by atoms with E-state index in [4.69, 9.17) is 9.84 Å². The molecule has 1 aliphatic heterocycles. The van der Waals surface area contributed by atoms with Crippen LogP contribution in [0.2, 0.25) is 0 Å². The van der Waals surface area contributed by atoms with Crippen molar-refractivity contribution < 1.29 is 18.3 Å². The van der Waals surface area contributed by atoms with Crippen LogP contribution in [0, 0.1) is 17.6 Å². The lowest BCUT2D eigenvalue weighted by atomic mass is 9.87. The second-order valence-corrected chi connectivity index (χ2v) is 13.8. The van der Waals surface area contributed by atoms with Gasteiger partial charge in [-0.05, 0) is 127 Å². The number of ether oxygens (including phenoxy) is 1. The van der Waals surface area contributed by atoms with Crippen LogP contribution in [0.1, 0.15) is 87.7 Å². The topological polar surface area (TPSA) is 50.6 Å². The van der Waals surface area contributed by atoms with E-state index in [1.807, 2.05) is 30.1 Å². The Kier molecular flexibility index (Phi) is 15.6. The van der Waals surface area contributed by atoms with Crippen molar-refractivity contribution in [3.05, 3.63) is 88.7 Å². The number of halogens is 5. The van der Waals surface area contributed by atoms with Gasteiger partial charge in [0.05, 0.1) is 12.2 Å². The summed E-state index contributed by atoms with van der Waals surface area (Å²) in [6, 6.07) is 15.8. The van der Waals surface area contributed by atoms with Crippen LogP contribution >= 0.6 is 37.2 Å². The summed E-state index contributed by atoms with van der Waals surface area (Å²) in [5.41, 5.74) is 4.25. The molecule has 2 heterocycles. The molecule has 1 aromatic heterocycles. The Hall–Kier alpha value is -2.23. The average Bonchev–Trinajstić information content (AvgIpc) is 3.57. The predicted molar refractivity (Wildman–Crippen MR) is 191 cm³/mol. The Balaban J connectivity index is 0.00000256. The van der Waals surface area contributed by atoms with Crippen molar-refractivity contribution in [3.63, 3.8) is 0 Å². The van der Waals surface area contributed by atoms with Crippen LogP contribution in [-0.4, -0.2) is 70.4 Å². The van der Waals surface area contributed by atoms with Crippen molar-refractivity contribution in [2.24, 2.45) is 5.92 Å². The highest BCUT2D eigenvalue weighted by molar-refractivity contribution is 5.86. The van der Waals surface area contributed by atoms with Crippen LogP contribution in [0.3, 0.4) is 0 Å². The van der Waals surface area contributed by atoms with E-state index in [9.17, 15) is 13.6 Å². The molecule has 1 saturated carbocycles. The number of esters is 1. The lowest BCUT2D eigenvalue weighted by molar-refractivity contribution is -0.151. The number of aromatic nitrogens is 2. The molecule has 0 spiro atoms. The number of carbonyl (C=O) groups excluding carboxylic acids is 1. The molecule has 0 radical (unpaired) electrons. The molecule has 3 atom stereocenters. The zero-order valence-electron chi connectivity index (χ0n) is 28.2. The number of benzene rings is 2. The van der Waals surface area contributed by atoms with Gasteiger partial charge in [0.15, 0.2) is 0 Å². The minimum absolute atomic E-state index is 0. The molecule has 5 rings (SSSR count). The fourth-order valence-electron chi connectivity index (χ4n) is 6.88. The lowest BCUT2D eigenvalue weighted by Gasteiger charge is -2.35. The van der Waals surface area contributed by atoms with Crippen LogP contribution in [0.15, 0.2) is 54.6 Å². The first kappa shape index (κ1) is 40.9. The molecule has 0 bridgehead atoms. The highest BCUT2D eigenvalue weighted by Gasteiger charge is 2.39. The molecular weight excluding hydrogens is 665 g/mol. The van der Waals surface area contributed by atoms with E-state index < -0.39 is 0 Å². The van der Waals surface area contributed by atoms with E-state index in [0.717, 1.165) is 68.7 Å². The van der Waals surface area contributed by atoms with Crippen molar-refractivity contribution >= 4 is 43.2 Å². The maximum absolute atomic E-state index is 14.3. The molecule has 3 aromatic rings. The lowest BCUT2D eigenvalue weighted by Crippen LogP contribution is -2.42. The number of piperidine rings is 1. The average molecular weight is 716 g/mol. The van der Waals surface area contributed by atoms with Gasteiger partial charge in [-0.25, -0.2) is 8.78 Å². The highest BCUT2D eigenvalue weighted by Crippen LogP contribution is 2.42. The van der Waals surface area contributed by atoms with E-state index in [1.165, 1.54) is 23.9 Å². The number of rotatable bonds is 10. The predicted octanol–water partition coefficient (Wildman–Crippen LogP) is 8.05. The second-order valence-electron chi connectivity index (χ2n) is 13.8. The number of hydrogen-bond acceptors (Lipinski definition) is 5. The first-order valence-electron chi connectivity index (χ1n) is 16.2. The molecule has 1 aliphatic carbocycles. The Morgan fingerprint density at radius 2 is 1.66 bits per heavy atom. The number of likely N-dealkylation sites (tertiary alicyclic amines) is 1. The molecule has 2 aliphatic rings. The van der Waals surface area contributed by atoms with Gasteiger partial charge >= 0.3 is 5.97 Å². The fraction of sp³-hybridized carbons (Fsp3) is 0.556. The molecule has 2 fully saturated rings. The summed E-state index contributed by atoms with van der Waals surface area (Å²) in [6.45, 7) is 12.3. The van der Waals surface area contributed by atoms with Gasteiger partial charge in [0.25, 0.3) is 0 Å². The Morgan fingerprint density at radius 1 is 0.979 bits per heavy atom. The number of likely N-dealkylation sites (N-methyl/N-ethyl adjacent to an activating group) is 1. The zero-order chi connectivity index (χ0) is 31.4. The van der Waals surface area contributed by atoms with Gasteiger partial charge in [0, 0.05) is 36.7 Å². The molecule has 47 heavy (non-hydrogen) atoms. The third kappa shape index (κ3) is 10.9. The molecule has 6 nitrogen and oxygen atoms in total. The van der Waals surface area contributed by atoms with Crippen molar-refractivity contribution in [1.29, 1.82) is 0 Å². The highest BCUT2D eigenvalue weighted by atomic mass is 35.5. The minimum atomic E-state index is -0.222. The molecule has 0 N–H and O–H groups in total. The van der Waals surface area contributed by atoms with Gasteiger partial charge in [-0.15, -0.1) is 37.2 Å². The molecular formula is C36H51Cl3F2N4O2. The number of nitrogens with zero attached hydrogens (tertiary/aromatic N) is 4. The molecule has 0 amide bonds. The maximum atomic E-state index is 14.3. The number of aryl methyl sites for hydroxylation is 1. The number of carbonyl (C=O) groups is 1. The fourth-order valence-corrected chi connectivity index (χ4v) is 6.88. The Bertz CT molecular complexity index is 1410. The van der Waals surface area contributed by atoms with Crippen LogP contribution in [-0.2, 0) is 22.5 Å². The van der Waals surface area contributed by atoms with E-state index in [0.29, 0.717) is 12.3 Å². The summed E-state index contributed by atoms with van der Waals surface area (Å²) >= 11 is 0. The smallest absolute Gasteiger partial charge is 0.320 e. The molecule has 262 valence electrons. The monoisotopic (exact) mass is 714 g/mol. The summed E-state index contributed by atoms with van der Waals surface area (Å²) in [5, 5.41) is 4.87. The maximum Gasteiger partial charge on any atom is 0.320 e. The molecule has 1 saturated heterocycles. The standard InChI is InChI=1S/C36H48F2N4O2.3ClH/c1-6-42-34(21-31(39-42)18-25-10-12-29(37)13-11-25)26-14-16-41(17-15-26)23-28-20-32(44-35(43)24-40(5)36(2,3)4)22-33(28)27-8-7-9-30(38)19-27;;;/h7-13,19,21,26,28,32-33H,6,14-18,20,22-24H2,1-5H3;3*1H/t28-,32+,33-;;;/m1.../s1. The minimum Gasteiger partial charge on any atom is -0.461 e. The van der Waals surface area contributed by atoms with Gasteiger partial charge in [-0.3, -0.25) is 14.4 Å².